The van der Waals surface area contributed by atoms with Gasteiger partial charge in [0.25, 0.3) is 0 Å². The van der Waals surface area contributed by atoms with Gasteiger partial charge in [0, 0.05) is 39.2 Å². The average Bonchev–Trinajstić information content (AvgIpc) is 3.51. The molecule has 2 nitrogen and oxygen atoms in total. The van der Waals surface area contributed by atoms with Crippen molar-refractivity contribution in [2.24, 2.45) is 0 Å². The van der Waals surface area contributed by atoms with E-state index in [2.05, 4.69) is 219 Å². The Hall–Kier alpha value is -6.64. The molecule has 0 spiro atoms. The van der Waals surface area contributed by atoms with Crippen molar-refractivity contribution in [3.05, 3.63) is 204 Å². The average molecular weight is 735 g/mol. The Bertz CT molecular complexity index is 2930. The largest absolute Gasteiger partial charge is 0.310 e. The summed E-state index contributed by atoms with van der Waals surface area (Å²) in [6, 6.07) is 67.5. The fourth-order valence-corrected chi connectivity index (χ4v) is 9.57. The summed E-state index contributed by atoms with van der Waals surface area (Å²) >= 11 is 0. The van der Waals surface area contributed by atoms with Gasteiger partial charge in [0.15, 0.2) is 0 Å². The Morgan fingerprint density at radius 3 is 1.42 bits per heavy atom. The van der Waals surface area contributed by atoms with Gasteiger partial charge in [-0.3, -0.25) is 0 Å². The lowest BCUT2D eigenvalue weighted by atomic mass is 9.77. The van der Waals surface area contributed by atoms with Crippen molar-refractivity contribution in [2.45, 2.75) is 46.0 Å². The van der Waals surface area contributed by atoms with E-state index in [9.17, 15) is 0 Å². The highest BCUT2D eigenvalue weighted by atomic mass is 15.1. The van der Waals surface area contributed by atoms with Crippen molar-refractivity contribution in [1.82, 2.24) is 0 Å². The van der Waals surface area contributed by atoms with E-state index < -0.39 is 0 Å². The van der Waals surface area contributed by atoms with E-state index in [0.717, 1.165) is 41.3 Å². The van der Waals surface area contributed by atoms with Crippen molar-refractivity contribution < 1.29 is 0 Å². The van der Waals surface area contributed by atoms with Crippen molar-refractivity contribution in [1.29, 1.82) is 0 Å². The first kappa shape index (κ1) is 34.8. The molecular weight excluding hydrogens is 689 g/mol. The second-order valence-corrected chi connectivity index (χ2v) is 15.9. The van der Waals surface area contributed by atoms with Crippen LogP contribution in [-0.2, 0) is 18.3 Å². The van der Waals surface area contributed by atoms with Crippen molar-refractivity contribution in [3.8, 4) is 11.1 Å². The van der Waals surface area contributed by atoms with Gasteiger partial charge in [0.05, 0.1) is 5.69 Å². The van der Waals surface area contributed by atoms with Crippen LogP contribution < -0.4 is 9.80 Å². The fourth-order valence-electron chi connectivity index (χ4n) is 9.57. The Morgan fingerprint density at radius 2 is 0.825 bits per heavy atom. The minimum Gasteiger partial charge on any atom is -0.310 e. The maximum Gasteiger partial charge on any atom is 0.0546 e. The van der Waals surface area contributed by atoms with Crippen LogP contribution in [0.1, 0.15) is 49.9 Å². The van der Waals surface area contributed by atoms with Gasteiger partial charge in [-0.1, -0.05) is 143 Å². The van der Waals surface area contributed by atoms with Crippen LogP contribution in [0.2, 0.25) is 0 Å². The van der Waals surface area contributed by atoms with Crippen LogP contribution in [0.25, 0.3) is 43.4 Å². The molecule has 0 N–H and O–H groups in total. The zero-order valence-corrected chi connectivity index (χ0v) is 33.1. The quantitative estimate of drug-likeness (QED) is 0.143. The molecule has 276 valence electrons. The molecule has 1 aliphatic carbocycles. The van der Waals surface area contributed by atoms with Crippen LogP contribution in [0, 0.1) is 0 Å². The molecule has 0 saturated heterocycles. The first-order valence-corrected chi connectivity index (χ1v) is 20.4. The molecule has 0 aliphatic heterocycles. The molecule has 0 radical (unpaired) electrons. The number of nitrogens with zero attached hydrogens (tertiary/aromatic N) is 2. The van der Waals surface area contributed by atoms with Gasteiger partial charge in [-0.25, -0.2) is 0 Å². The molecule has 0 atom stereocenters. The molecule has 0 bridgehead atoms. The Labute approximate surface area is 336 Å². The summed E-state index contributed by atoms with van der Waals surface area (Å²) in [5.41, 5.74) is 14.8. The van der Waals surface area contributed by atoms with Crippen LogP contribution >= 0.6 is 0 Å². The van der Waals surface area contributed by atoms with Crippen molar-refractivity contribution in [3.63, 3.8) is 0 Å². The molecule has 0 saturated carbocycles. The van der Waals surface area contributed by atoms with E-state index >= 15 is 0 Å². The van der Waals surface area contributed by atoms with Gasteiger partial charge < -0.3 is 9.80 Å². The van der Waals surface area contributed by atoms with E-state index in [0.29, 0.717) is 0 Å². The van der Waals surface area contributed by atoms with Gasteiger partial charge >= 0.3 is 0 Å². The third-order valence-electron chi connectivity index (χ3n) is 12.3. The second-order valence-electron chi connectivity index (χ2n) is 15.9. The molecule has 9 aromatic carbocycles. The van der Waals surface area contributed by atoms with Gasteiger partial charge in [0.1, 0.15) is 0 Å². The molecule has 57 heavy (non-hydrogen) atoms. The standard InChI is InChI=1S/C55H46N2/c1-5-37-25-29-41(30-26-37)56(39-17-9-7-10-18-39)43-33-34-48-49(35-43)44-21-13-15-23-46(44)52-50-36-51(45-22-14-16-24-47(45)53(50)55(3,4)54(48)52)57(40-19-11-8-12-20-40)42-31-27-38(6-2)28-32-42/h7-36H,5-6H2,1-4H3. The van der Waals surface area contributed by atoms with Crippen molar-refractivity contribution in [2.75, 3.05) is 9.80 Å². The molecular formula is C55H46N2. The van der Waals surface area contributed by atoms with Gasteiger partial charge in [0.2, 0.25) is 0 Å². The smallest absolute Gasteiger partial charge is 0.0546 e. The van der Waals surface area contributed by atoms with Crippen LogP contribution in [0.15, 0.2) is 182 Å². The molecule has 2 heteroatoms. The Morgan fingerprint density at radius 1 is 0.368 bits per heavy atom. The lowest BCUT2D eigenvalue weighted by molar-refractivity contribution is 0.672. The first-order valence-electron chi connectivity index (χ1n) is 20.4. The molecule has 10 rings (SSSR count). The van der Waals surface area contributed by atoms with Crippen LogP contribution in [0.5, 0.6) is 0 Å². The summed E-state index contributed by atoms with van der Waals surface area (Å²) in [6.07, 6.45) is 2.03. The van der Waals surface area contributed by atoms with Crippen molar-refractivity contribution >= 4 is 66.4 Å². The summed E-state index contributed by atoms with van der Waals surface area (Å²) < 4.78 is 0. The van der Waals surface area contributed by atoms with E-state index in [-0.39, 0.29) is 5.41 Å². The number of hydrogen-bond donors (Lipinski definition) is 0. The van der Waals surface area contributed by atoms with Gasteiger partial charge in [-0.15, -0.1) is 0 Å². The Kier molecular flexibility index (Phi) is 8.45. The van der Waals surface area contributed by atoms with Crippen LogP contribution in [-0.4, -0.2) is 0 Å². The van der Waals surface area contributed by atoms with E-state index in [1.165, 1.54) is 71.4 Å². The highest BCUT2D eigenvalue weighted by Crippen LogP contribution is 2.59. The predicted molar refractivity (Wildman–Crippen MR) is 245 cm³/mol. The van der Waals surface area contributed by atoms with Crippen LogP contribution in [0.4, 0.5) is 34.1 Å². The monoisotopic (exact) mass is 734 g/mol. The molecule has 9 aromatic rings. The van der Waals surface area contributed by atoms with Gasteiger partial charge in [-0.2, -0.15) is 0 Å². The number of fused-ring (bicyclic) bond motifs is 10. The number of hydrogen-bond acceptors (Lipinski definition) is 2. The topological polar surface area (TPSA) is 6.48 Å². The summed E-state index contributed by atoms with van der Waals surface area (Å²) in [5, 5.41) is 7.71. The molecule has 0 heterocycles. The lowest BCUT2D eigenvalue weighted by Crippen LogP contribution is -2.17. The van der Waals surface area contributed by atoms with E-state index in [1.54, 1.807) is 0 Å². The predicted octanol–water partition coefficient (Wildman–Crippen LogP) is 15.5. The third kappa shape index (κ3) is 5.62. The number of anilines is 6. The zero-order valence-electron chi connectivity index (χ0n) is 33.1. The zero-order chi connectivity index (χ0) is 38.7. The SMILES string of the molecule is CCc1ccc(N(c2ccccc2)c2ccc3c4c(c5ccccc5c3c2)-c2cc(N(c3ccccc3)c3ccc(CC)cc3)c3ccccc3c2C4(C)C)cc1. The highest BCUT2D eigenvalue weighted by Gasteiger charge is 2.41. The summed E-state index contributed by atoms with van der Waals surface area (Å²) in [6.45, 7) is 9.31. The highest BCUT2D eigenvalue weighted by molar-refractivity contribution is 6.21. The normalized spacial score (nSPS) is 12.8. The number of rotatable bonds is 8. The molecule has 1 aliphatic rings. The molecule has 0 fully saturated rings. The third-order valence-corrected chi connectivity index (χ3v) is 12.3. The fraction of sp³-hybridized carbons (Fsp3) is 0.127. The summed E-state index contributed by atoms with van der Waals surface area (Å²) in [7, 11) is 0. The lowest BCUT2D eigenvalue weighted by Gasteiger charge is -2.30. The number of benzene rings is 9. The summed E-state index contributed by atoms with van der Waals surface area (Å²) in [5.74, 6) is 0. The molecule has 0 aromatic heterocycles. The first-order chi connectivity index (χ1) is 28.0. The van der Waals surface area contributed by atoms with E-state index in [1.807, 2.05) is 0 Å². The minimum absolute atomic E-state index is 0.262. The van der Waals surface area contributed by atoms with E-state index in [4.69, 9.17) is 0 Å². The number of aryl methyl sites for hydroxylation is 2. The molecule has 0 amide bonds. The second kappa shape index (κ2) is 13.8. The van der Waals surface area contributed by atoms with Crippen LogP contribution in [0.3, 0.4) is 0 Å². The maximum absolute atomic E-state index is 2.50. The van der Waals surface area contributed by atoms with Gasteiger partial charge in [-0.05, 0) is 140 Å². The number of para-hydroxylation sites is 2. The summed E-state index contributed by atoms with van der Waals surface area (Å²) in [4.78, 5) is 4.85. The maximum atomic E-state index is 2.50. The minimum atomic E-state index is -0.262. The molecule has 0 unspecified atom stereocenters. The Balaban J connectivity index is 1.25.